The number of anilines is 1. The van der Waals surface area contributed by atoms with Crippen molar-refractivity contribution in [2.75, 3.05) is 19.0 Å². The lowest BCUT2D eigenvalue weighted by Gasteiger charge is -2.09. The Morgan fingerprint density at radius 3 is 2.59 bits per heavy atom. The SMILES string of the molecule is COc1ccc(-c2nc3ccc(C(=O)OCC(=O)Nc4cc(Cl)ccc4C)cc3[nH]2)cc1. The molecule has 0 aliphatic rings. The van der Waals surface area contributed by atoms with Gasteiger partial charge >= 0.3 is 5.97 Å². The molecule has 4 rings (SSSR count). The Bertz CT molecular complexity index is 1300. The number of aromatic nitrogens is 2. The van der Waals surface area contributed by atoms with E-state index in [1.54, 1.807) is 43.5 Å². The molecule has 32 heavy (non-hydrogen) atoms. The first-order valence-electron chi connectivity index (χ1n) is 9.80. The molecule has 3 aromatic carbocycles. The Morgan fingerprint density at radius 1 is 1.06 bits per heavy atom. The van der Waals surface area contributed by atoms with Crippen molar-refractivity contribution >= 4 is 40.2 Å². The summed E-state index contributed by atoms with van der Waals surface area (Å²) in [6.07, 6.45) is 0. The zero-order chi connectivity index (χ0) is 22.7. The number of amides is 1. The number of halogens is 1. The zero-order valence-corrected chi connectivity index (χ0v) is 18.2. The Balaban J connectivity index is 1.43. The van der Waals surface area contributed by atoms with Gasteiger partial charge in [-0.3, -0.25) is 4.79 Å². The number of aryl methyl sites for hydroxylation is 1. The lowest BCUT2D eigenvalue weighted by Crippen LogP contribution is -2.21. The van der Waals surface area contributed by atoms with Gasteiger partial charge in [-0.25, -0.2) is 9.78 Å². The van der Waals surface area contributed by atoms with Crippen molar-refractivity contribution in [3.63, 3.8) is 0 Å². The van der Waals surface area contributed by atoms with E-state index in [0.717, 1.165) is 16.9 Å². The second-order valence-electron chi connectivity index (χ2n) is 7.13. The number of methoxy groups -OCH3 is 1. The van der Waals surface area contributed by atoms with Gasteiger partial charge in [-0.1, -0.05) is 17.7 Å². The lowest BCUT2D eigenvalue weighted by molar-refractivity contribution is -0.119. The van der Waals surface area contributed by atoms with E-state index >= 15 is 0 Å². The molecule has 0 aliphatic carbocycles. The van der Waals surface area contributed by atoms with Gasteiger partial charge in [-0.05, 0) is 67.1 Å². The molecule has 0 bridgehead atoms. The summed E-state index contributed by atoms with van der Waals surface area (Å²) in [6, 6.07) is 17.6. The first-order valence-corrected chi connectivity index (χ1v) is 10.2. The number of hydrogen-bond acceptors (Lipinski definition) is 5. The second-order valence-corrected chi connectivity index (χ2v) is 7.57. The molecule has 0 unspecified atom stereocenters. The van der Waals surface area contributed by atoms with Gasteiger partial charge in [0.25, 0.3) is 5.91 Å². The predicted molar refractivity (Wildman–Crippen MR) is 123 cm³/mol. The van der Waals surface area contributed by atoms with E-state index in [0.29, 0.717) is 33.1 Å². The van der Waals surface area contributed by atoms with Crippen LogP contribution in [0.5, 0.6) is 5.75 Å². The van der Waals surface area contributed by atoms with Gasteiger partial charge in [0.2, 0.25) is 0 Å². The topological polar surface area (TPSA) is 93.3 Å². The average Bonchev–Trinajstić information content (AvgIpc) is 3.23. The van der Waals surface area contributed by atoms with Gasteiger partial charge in [0, 0.05) is 16.3 Å². The molecule has 0 atom stereocenters. The van der Waals surface area contributed by atoms with E-state index in [9.17, 15) is 9.59 Å². The van der Waals surface area contributed by atoms with Crippen molar-refractivity contribution in [3.8, 4) is 17.1 Å². The minimum atomic E-state index is -0.606. The molecule has 0 spiro atoms. The van der Waals surface area contributed by atoms with Crippen LogP contribution in [0.25, 0.3) is 22.4 Å². The van der Waals surface area contributed by atoms with Crippen LogP contribution in [-0.4, -0.2) is 35.6 Å². The van der Waals surface area contributed by atoms with Crippen molar-refractivity contribution in [3.05, 3.63) is 76.8 Å². The minimum absolute atomic E-state index is 0.314. The summed E-state index contributed by atoms with van der Waals surface area (Å²) in [5.41, 5.74) is 4.02. The third-order valence-electron chi connectivity index (χ3n) is 4.89. The molecule has 0 radical (unpaired) electrons. The molecular formula is C24H20ClN3O4. The molecule has 1 amide bonds. The highest BCUT2D eigenvalue weighted by atomic mass is 35.5. The first-order chi connectivity index (χ1) is 15.4. The minimum Gasteiger partial charge on any atom is -0.497 e. The molecule has 0 saturated heterocycles. The maximum absolute atomic E-state index is 12.4. The van der Waals surface area contributed by atoms with Crippen molar-refractivity contribution in [2.24, 2.45) is 0 Å². The van der Waals surface area contributed by atoms with Crippen LogP contribution in [0.15, 0.2) is 60.7 Å². The Kier molecular flexibility index (Phi) is 6.09. The normalized spacial score (nSPS) is 10.7. The smallest absolute Gasteiger partial charge is 0.338 e. The highest BCUT2D eigenvalue weighted by Gasteiger charge is 2.14. The number of H-pyrrole nitrogens is 1. The molecule has 1 heterocycles. The van der Waals surface area contributed by atoms with Gasteiger partial charge in [0.05, 0.1) is 23.7 Å². The predicted octanol–water partition coefficient (Wildman–Crippen LogP) is 5.00. The molecule has 4 aromatic rings. The molecule has 2 N–H and O–H groups in total. The summed E-state index contributed by atoms with van der Waals surface area (Å²) in [7, 11) is 1.61. The van der Waals surface area contributed by atoms with Crippen LogP contribution in [0.4, 0.5) is 5.69 Å². The van der Waals surface area contributed by atoms with Gasteiger partial charge in [0.15, 0.2) is 6.61 Å². The van der Waals surface area contributed by atoms with Crippen LogP contribution in [0.2, 0.25) is 5.02 Å². The first kappa shape index (κ1) is 21.4. The molecular weight excluding hydrogens is 430 g/mol. The fourth-order valence-corrected chi connectivity index (χ4v) is 3.32. The number of aromatic amines is 1. The third-order valence-corrected chi connectivity index (χ3v) is 5.12. The number of nitrogens with zero attached hydrogens (tertiary/aromatic N) is 1. The van der Waals surface area contributed by atoms with E-state index in [-0.39, 0.29) is 0 Å². The van der Waals surface area contributed by atoms with Crippen molar-refractivity contribution < 1.29 is 19.1 Å². The molecule has 1 aromatic heterocycles. The van der Waals surface area contributed by atoms with E-state index in [1.165, 1.54) is 0 Å². The van der Waals surface area contributed by atoms with Crippen LogP contribution in [0.3, 0.4) is 0 Å². The number of ether oxygens (including phenoxy) is 2. The van der Waals surface area contributed by atoms with Crippen LogP contribution in [-0.2, 0) is 9.53 Å². The number of esters is 1. The largest absolute Gasteiger partial charge is 0.497 e. The van der Waals surface area contributed by atoms with Gasteiger partial charge < -0.3 is 19.8 Å². The monoisotopic (exact) mass is 449 g/mol. The summed E-state index contributed by atoms with van der Waals surface area (Å²) in [6.45, 7) is 1.43. The number of imidazole rings is 1. The summed E-state index contributed by atoms with van der Waals surface area (Å²) in [4.78, 5) is 32.4. The summed E-state index contributed by atoms with van der Waals surface area (Å²) in [5, 5.41) is 3.20. The number of carbonyl (C=O) groups is 2. The van der Waals surface area contributed by atoms with Crippen LogP contribution in [0.1, 0.15) is 15.9 Å². The molecule has 162 valence electrons. The molecule has 7 nitrogen and oxygen atoms in total. The highest BCUT2D eigenvalue weighted by Crippen LogP contribution is 2.24. The Labute approximate surface area is 189 Å². The molecule has 8 heteroatoms. The van der Waals surface area contributed by atoms with Crippen molar-refractivity contribution in [2.45, 2.75) is 6.92 Å². The lowest BCUT2D eigenvalue weighted by atomic mass is 10.2. The van der Waals surface area contributed by atoms with Crippen LogP contribution < -0.4 is 10.1 Å². The van der Waals surface area contributed by atoms with Crippen LogP contribution in [0, 0.1) is 6.92 Å². The van der Waals surface area contributed by atoms with Gasteiger partial charge in [-0.2, -0.15) is 0 Å². The number of fused-ring (bicyclic) bond motifs is 1. The average molecular weight is 450 g/mol. The number of carbonyl (C=O) groups excluding carboxylic acids is 2. The van der Waals surface area contributed by atoms with E-state index < -0.39 is 18.5 Å². The fourth-order valence-electron chi connectivity index (χ4n) is 3.15. The standard InChI is InChI=1S/C24H20ClN3O4/c1-14-3-7-17(25)12-20(14)26-22(29)13-32-24(30)16-6-10-19-21(11-16)28-23(27-19)15-4-8-18(31-2)9-5-15/h3-12H,13H2,1-2H3,(H,26,29)(H,27,28). The number of rotatable bonds is 6. The maximum atomic E-state index is 12.4. The van der Waals surface area contributed by atoms with Crippen molar-refractivity contribution in [1.82, 2.24) is 9.97 Å². The summed E-state index contributed by atoms with van der Waals surface area (Å²) < 4.78 is 10.3. The molecule has 0 saturated carbocycles. The van der Waals surface area contributed by atoms with E-state index in [2.05, 4.69) is 15.3 Å². The Morgan fingerprint density at radius 2 is 1.84 bits per heavy atom. The molecule has 0 fully saturated rings. The Hall–Kier alpha value is -3.84. The maximum Gasteiger partial charge on any atom is 0.338 e. The quantitative estimate of drug-likeness (QED) is 0.404. The highest BCUT2D eigenvalue weighted by molar-refractivity contribution is 6.31. The summed E-state index contributed by atoms with van der Waals surface area (Å²) >= 11 is 5.96. The number of hydrogen-bond donors (Lipinski definition) is 2. The van der Waals surface area contributed by atoms with Gasteiger partial charge in [-0.15, -0.1) is 0 Å². The summed E-state index contributed by atoms with van der Waals surface area (Å²) in [5.74, 6) is 0.368. The fraction of sp³-hybridized carbons (Fsp3) is 0.125. The van der Waals surface area contributed by atoms with E-state index in [4.69, 9.17) is 21.1 Å². The molecule has 0 aliphatic heterocycles. The second kappa shape index (κ2) is 9.11. The number of benzene rings is 3. The number of nitrogens with one attached hydrogen (secondary N) is 2. The third kappa shape index (κ3) is 4.73. The zero-order valence-electron chi connectivity index (χ0n) is 17.4. The van der Waals surface area contributed by atoms with E-state index in [1.807, 2.05) is 31.2 Å². The van der Waals surface area contributed by atoms with Crippen LogP contribution >= 0.6 is 11.6 Å². The van der Waals surface area contributed by atoms with Crippen molar-refractivity contribution in [1.29, 1.82) is 0 Å². The van der Waals surface area contributed by atoms with Gasteiger partial charge in [0.1, 0.15) is 11.6 Å².